The lowest BCUT2D eigenvalue weighted by Crippen LogP contribution is -2.49. The number of rotatable bonds is 6. The molecule has 2 aliphatic rings. The highest BCUT2D eigenvalue weighted by atomic mass is 16.2. The first-order valence-corrected chi connectivity index (χ1v) is 11.0. The summed E-state index contributed by atoms with van der Waals surface area (Å²) < 4.78 is 0. The molecule has 1 atom stereocenters. The fourth-order valence-corrected chi connectivity index (χ4v) is 4.56. The highest BCUT2D eigenvalue weighted by molar-refractivity contribution is 5.98. The highest BCUT2D eigenvalue weighted by Gasteiger charge is 2.35. The average Bonchev–Trinajstić information content (AvgIpc) is 3.10. The van der Waals surface area contributed by atoms with E-state index in [1.54, 1.807) is 0 Å². The Morgan fingerprint density at radius 2 is 1.70 bits per heavy atom. The zero-order chi connectivity index (χ0) is 21.1. The van der Waals surface area contributed by atoms with Gasteiger partial charge in [0.15, 0.2) is 0 Å². The summed E-state index contributed by atoms with van der Waals surface area (Å²) in [4.78, 5) is 32.6. The summed E-state index contributed by atoms with van der Waals surface area (Å²) in [5, 5.41) is 0. The minimum Gasteiger partial charge on any atom is -0.340 e. The third-order valence-electron chi connectivity index (χ3n) is 6.32. The molecule has 4 rings (SSSR count). The monoisotopic (exact) mass is 405 g/mol. The molecule has 0 aromatic heterocycles. The van der Waals surface area contributed by atoms with Crippen molar-refractivity contribution >= 4 is 11.8 Å². The molecular weight excluding hydrogens is 374 g/mol. The molecule has 0 bridgehead atoms. The standard InChI is InChI=1S/C25H31N3O2/c1-3-12-26-13-15-27(16-14-26)24(29)17-23(20-10-8-19(2)9-11-20)28-18-21-6-4-5-7-22(21)25(28)30/h4-11,23H,3,12-18H2,1-2H3/t23-/m1/s1. The van der Waals surface area contributed by atoms with Crippen molar-refractivity contribution < 1.29 is 9.59 Å². The van der Waals surface area contributed by atoms with E-state index in [9.17, 15) is 9.59 Å². The van der Waals surface area contributed by atoms with Crippen LogP contribution in [0.3, 0.4) is 0 Å². The lowest BCUT2D eigenvalue weighted by molar-refractivity contribution is -0.134. The van der Waals surface area contributed by atoms with Crippen molar-refractivity contribution in [2.45, 2.75) is 39.3 Å². The van der Waals surface area contributed by atoms with Crippen molar-refractivity contribution in [2.24, 2.45) is 0 Å². The Kier molecular flexibility index (Phi) is 6.18. The zero-order valence-electron chi connectivity index (χ0n) is 18.0. The van der Waals surface area contributed by atoms with Gasteiger partial charge in [-0.05, 0) is 37.1 Å². The Labute approximate surface area is 179 Å². The Hall–Kier alpha value is -2.66. The summed E-state index contributed by atoms with van der Waals surface area (Å²) in [5.41, 5.74) is 4.00. The van der Waals surface area contributed by atoms with Crippen LogP contribution in [0.1, 0.15) is 52.9 Å². The van der Waals surface area contributed by atoms with Crippen LogP contribution >= 0.6 is 0 Å². The van der Waals surface area contributed by atoms with Gasteiger partial charge < -0.3 is 9.80 Å². The van der Waals surface area contributed by atoms with Gasteiger partial charge in [0, 0.05) is 38.3 Å². The predicted octanol–water partition coefficient (Wildman–Crippen LogP) is 3.64. The molecule has 0 aliphatic carbocycles. The molecule has 1 saturated heterocycles. The molecule has 2 amide bonds. The van der Waals surface area contributed by atoms with Crippen molar-refractivity contribution in [2.75, 3.05) is 32.7 Å². The second-order valence-corrected chi connectivity index (χ2v) is 8.44. The van der Waals surface area contributed by atoms with Crippen LogP contribution < -0.4 is 0 Å². The normalized spacial score (nSPS) is 17.9. The lowest BCUT2D eigenvalue weighted by atomic mass is 9.99. The topological polar surface area (TPSA) is 43.9 Å². The van der Waals surface area contributed by atoms with E-state index in [-0.39, 0.29) is 17.9 Å². The van der Waals surface area contributed by atoms with Crippen LogP contribution in [0, 0.1) is 6.92 Å². The molecule has 0 unspecified atom stereocenters. The van der Waals surface area contributed by atoms with E-state index >= 15 is 0 Å². The Bertz CT molecular complexity index is 901. The van der Waals surface area contributed by atoms with Gasteiger partial charge in [0.1, 0.15) is 0 Å². The smallest absolute Gasteiger partial charge is 0.255 e. The summed E-state index contributed by atoms with van der Waals surface area (Å²) in [6.07, 6.45) is 1.47. The van der Waals surface area contributed by atoms with Gasteiger partial charge in [-0.1, -0.05) is 55.0 Å². The maximum absolute atomic E-state index is 13.2. The maximum atomic E-state index is 13.2. The van der Waals surface area contributed by atoms with Crippen LogP contribution in [0.4, 0.5) is 0 Å². The number of aryl methyl sites for hydroxylation is 1. The van der Waals surface area contributed by atoms with Crippen LogP contribution in [-0.2, 0) is 11.3 Å². The van der Waals surface area contributed by atoms with E-state index in [2.05, 4.69) is 43.0 Å². The van der Waals surface area contributed by atoms with Gasteiger partial charge in [0.2, 0.25) is 5.91 Å². The molecule has 0 spiro atoms. The summed E-state index contributed by atoms with van der Waals surface area (Å²) in [6, 6.07) is 15.8. The van der Waals surface area contributed by atoms with Gasteiger partial charge in [-0.15, -0.1) is 0 Å². The third kappa shape index (κ3) is 4.26. The van der Waals surface area contributed by atoms with Gasteiger partial charge in [0.25, 0.3) is 5.91 Å². The Morgan fingerprint density at radius 3 is 2.37 bits per heavy atom. The van der Waals surface area contributed by atoms with Crippen LogP contribution in [0.2, 0.25) is 0 Å². The molecule has 2 aromatic rings. The Morgan fingerprint density at radius 1 is 1.00 bits per heavy atom. The quantitative estimate of drug-likeness (QED) is 0.737. The van der Waals surface area contributed by atoms with Gasteiger partial charge in [-0.25, -0.2) is 0 Å². The van der Waals surface area contributed by atoms with Gasteiger partial charge in [-0.2, -0.15) is 0 Å². The molecule has 1 fully saturated rings. The first kappa shape index (κ1) is 20.6. The summed E-state index contributed by atoms with van der Waals surface area (Å²) in [7, 11) is 0. The van der Waals surface area contributed by atoms with Crippen LogP contribution in [-0.4, -0.2) is 59.2 Å². The van der Waals surface area contributed by atoms with Crippen molar-refractivity contribution in [1.82, 2.24) is 14.7 Å². The molecule has 2 aliphatic heterocycles. The van der Waals surface area contributed by atoms with Crippen LogP contribution in [0.5, 0.6) is 0 Å². The number of carbonyl (C=O) groups is 2. The highest BCUT2D eigenvalue weighted by Crippen LogP contribution is 2.34. The molecular formula is C25H31N3O2. The lowest BCUT2D eigenvalue weighted by Gasteiger charge is -2.36. The molecule has 158 valence electrons. The number of nitrogens with zero attached hydrogens (tertiary/aromatic N) is 3. The van der Waals surface area contributed by atoms with Gasteiger partial charge >= 0.3 is 0 Å². The van der Waals surface area contributed by atoms with Crippen molar-refractivity contribution in [3.8, 4) is 0 Å². The molecule has 0 N–H and O–H groups in total. The van der Waals surface area contributed by atoms with E-state index < -0.39 is 0 Å². The second-order valence-electron chi connectivity index (χ2n) is 8.44. The fourth-order valence-electron chi connectivity index (χ4n) is 4.56. The van der Waals surface area contributed by atoms with Crippen LogP contribution in [0.15, 0.2) is 48.5 Å². The summed E-state index contributed by atoms with van der Waals surface area (Å²) >= 11 is 0. The molecule has 2 aromatic carbocycles. The first-order valence-electron chi connectivity index (χ1n) is 11.0. The number of benzene rings is 2. The van der Waals surface area contributed by atoms with E-state index in [0.29, 0.717) is 13.0 Å². The fraction of sp³-hybridized carbons (Fsp3) is 0.440. The SMILES string of the molecule is CCCN1CCN(C(=O)C[C@H](c2ccc(C)cc2)N2Cc3ccccc3C2=O)CC1. The minimum atomic E-state index is -0.244. The zero-order valence-corrected chi connectivity index (χ0v) is 18.0. The van der Waals surface area contributed by atoms with Crippen LogP contribution in [0.25, 0.3) is 0 Å². The number of fused-ring (bicyclic) bond motifs is 1. The van der Waals surface area contributed by atoms with Gasteiger partial charge in [-0.3, -0.25) is 14.5 Å². The summed E-state index contributed by atoms with van der Waals surface area (Å²) in [5.74, 6) is 0.164. The van der Waals surface area contributed by atoms with Crippen molar-refractivity contribution in [1.29, 1.82) is 0 Å². The largest absolute Gasteiger partial charge is 0.340 e. The third-order valence-corrected chi connectivity index (χ3v) is 6.32. The first-order chi connectivity index (χ1) is 14.6. The molecule has 5 nitrogen and oxygen atoms in total. The minimum absolute atomic E-state index is 0.0248. The van der Waals surface area contributed by atoms with E-state index in [4.69, 9.17) is 0 Å². The molecule has 0 saturated carbocycles. The molecule has 30 heavy (non-hydrogen) atoms. The number of hydrogen-bond acceptors (Lipinski definition) is 3. The molecule has 2 heterocycles. The van der Waals surface area contributed by atoms with Crippen molar-refractivity contribution in [3.63, 3.8) is 0 Å². The predicted molar refractivity (Wildman–Crippen MR) is 118 cm³/mol. The van der Waals surface area contributed by atoms with E-state index in [1.165, 1.54) is 5.56 Å². The number of amides is 2. The molecule has 0 radical (unpaired) electrons. The van der Waals surface area contributed by atoms with E-state index in [1.807, 2.05) is 34.1 Å². The maximum Gasteiger partial charge on any atom is 0.255 e. The second kappa shape index (κ2) is 9.00. The Balaban J connectivity index is 1.53. The number of hydrogen-bond donors (Lipinski definition) is 0. The summed E-state index contributed by atoms with van der Waals surface area (Å²) in [6.45, 7) is 9.30. The molecule has 5 heteroatoms. The number of carbonyl (C=O) groups excluding carboxylic acids is 2. The number of piperazine rings is 1. The van der Waals surface area contributed by atoms with Crippen molar-refractivity contribution in [3.05, 3.63) is 70.8 Å². The average molecular weight is 406 g/mol. The van der Waals surface area contributed by atoms with Gasteiger partial charge in [0.05, 0.1) is 12.5 Å². The van der Waals surface area contributed by atoms with E-state index in [0.717, 1.165) is 55.8 Å².